The second-order valence-corrected chi connectivity index (χ2v) is 9.19. The molecule has 27 heavy (non-hydrogen) atoms. The first-order valence-corrected chi connectivity index (χ1v) is 10.9. The van der Waals surface area contributed by atoms with Crippen LogP contribution in [-0.2, 0) is 35.8 Å². The van der Waals surface area contributed by atoms with Crippen LogP contribution in [0.2, 0.25) is 0 Å². The van der Waals surface area contributed by atoms with Gasteiger partial charge in [0.2, 0.25) is 10.0 Å². The summed E-state index contributed by atoms with van der Waals surface area (Å²) in [6.45, 7) is 2.13. The zero-order valence-corrected chi connectivity index (χ0v) is 16.3. The number of aryl methyl sites for hydroxylation is 1. The smallest absolute Gasteiger partial charge is 0.274 e. The van der Waals surface area contributed by atoms with E-state index in [1.54, 1.807) is 4.68 Å². The SMILES string of the molecule is Cn1nc(C(=O)N2CCCC2)c2c1CCN(S(=O)(=O)Cc1ccccc1)C2. The Balaban J connectivity index is 1.59. The van der Waals surface area contributed by atoms with Crippen LogP contribution in [0.5, 0.6) is 0 Å². The molecule has 2 aromatic rings. The lowest BCUT2D eigenvalue weighted by Gasteiger charge is -2.27. The molecule has 0 radical (unpaired) electrons. The third kappa shape index (κ3) is 3.51. The van der Waals surface area contributed by atoms with Crippen LogP contribution < -0.4 is 0 Å². The van der Waals surface area contributed by atoms with Crippen molar-refractivity contribution in [2.24, 2.45) is 7.05 Å². The molecule has 8 heteroatoms. The van der Waals surface area contributed by atoms with Crippen LogP contribution in [0.4, 0.5) is 0 Å². The highest BCUT2D eigenvalue weighted by Gasteiger charge is 2.34. The fourth-order valence-electron chi connectivity index (χ4n) is 3.92. The van der Waals surface area contributed by atoms with Gasteiger partial charge in [-0.05, 0) is 18.4 Å². The van der Waals surface area contributed by atoms with E-state index in [1.165, 1.54) is 4.31 Å². The highest BCUT2D eigenvalue weighted by molar-refractivity contribution is 7.88. The molecule has 3 heterocycles. The van der Waals surface area contributed by atoms with Gasteiger partial charge in [0, 0.05) is 50.9 Å². The monoisotopic (exact) mass is 388 g/mol. The fraction of sp³-hybridized carbons (Fsp3) is 0.474. The number of rotatable bonds is 4. The van der Waals surface area contributed by atoms with Crippen LogP contribution in [0.25, 0.3) is 0 Å². The average molecular weight is 388 g/mol. The van der Waals surface area contributed by atoms with Gasteiger partial charge in [0.05, 0.1) is 5.75 Å². The summed E-state index contributed by atoms with van der Waals surface area (Å²) >= 11 is 0. The predicted octanol–water partition coefficient (Wildman–Crippen LogP) is 1.54. The molecule has 0 bridgehead atoms. The third-order valence-electron chi connectivity index (χ3n) is 5.39. The van der Waals surface area contributed by atoms with Crippen molar-refractivity contribution in [3.05, 3.63) is 52.8 Å². The van der Waals surface area contributed by atoms with Crippen LogP contribution in [-0.4, -0.2) is 52.9 Å². The number of carbonyl (C=O) groups excluding carboxylic acids is 1. The van der Waals surface area contributed by atoms with Crippen molar-refractivity contribution in [3.8, 4) is 0 Å². The second kappa shape index (κ2) is 7.09. The number of benzene rings is 1. The van der Waals surface area contributed by atoms with Crippen molar-refractivity contribution >= 4 is 15.9 Å². The number of nitrogens with zero attached hydrogens (tertiary/aromatic N) is 4. The molecular weight excluding hydrogens is 364 g/mol. The van der Waals surface area contributed by atoms with Gasteiger partial charge in [-0.3, -0.25) is 9.48 Å². The number of carbonyl (C=O) groups is 1. The molecule has 0 spiro atoms. The van der Waals surface area contributed by atoms with Gasteiger partial charge in [0.15, 0.2) is 5.69 Å². The minimum absolute atomic E-state index is 0.0289. The van der Waals surface area contributed by atoms with Gasteiger partial charge in [0.25, 0.3) is 5.91 Å². The molecule has 0 atom stereocenters. The highest BCUT2D eigenvalue weighted by atomic mass is 32.2. The van der Waals surface area contributed by atoms with Gasteiger partial charge >= 0.3 is 0 Å². The fourth-order valence-corrected chi connectivity index (χ4v) is 5.41. The number of aromatic nitrogens is 2. The summed E-state index contributed by atoms with van der Waals surface area (Å²) < 4.78 is 29.1. The van der Waals surface area contributed by atoms with E-state index in [4.69, 9.17) is 0 Å². The number of hydrogen-bond donors (Lipinski definition) is 0. The predicted molar refractivity (Wildman–Crippen MR) is 102 cm³/mol. The van der Waals surface area contributed by atoms with E-state index in [1.807, 2.05) is 42.3 Å². The van der Waals surface area contributed by atoms with Crippen molar-refractivity contribution in [1.29, 1.82) is 0 Å². The molecule has 0 N–H and O–H groups in total. The molecule has 1 saturated heterocycles. The normalized spacial score (nSPS) is 17.9. The number of fused-ring (bicyclic) bond motifs is 1. The maximum Gasteiger partial charge on any atom is 0.274 e. The molecule has 7 nitrogen and oxygen atoms in total. The Morgan fingerprint density at radius 1 is 1.11 bits per heavy atom. The van der Waals surface area contributed by atoms with E-state index in [-0.39, 0.29) is 18.2 Å². The topological polar surface area (TPSA) is 75.5 Å². The van der Waals surface area contributed by atoms with Crippen molar-refractivity contribution in [2.75, 3.05) is 19.6 Å². The van der Waals surface area contributed by atoms with Gasteiger partial charge in [0.1, 0.15) is 0 Å². The first kappa shape index (κ1) is 18.2. The summed E-state index contributed by atoms with van der Waals surface area (Å²) in [6, 6.07) is 9.19. The van der Waals surface area contributed by atoms with E-state index in [0.29, 0.717) is 18.7 Å². The van der Waals surface area contributed by atoms with Crippen molar-refractivity contribution in [2.45, 2.75) is 31.6 Å². The van der Waals surface area contributed by atoms with E-state index >= 15 is 0 Å². The Morgan fingerprint density at radius 3 is 2.52 bits per heavy atom. The molecular formula is C19H24N4O3S. The molecule has 1 aromatic heterocycles. The Hall–Kier alpha value is -2.19. The van der Waals surface area contributed by atoms with Crippen LogP contribution >= 0.6 is 0 Å². The van der Waals surface area contributed by atoms with E-state index in [0.717, 1.165) is 42.8 Å². The Morgan fingerprint density at radius 2 is 1.81 bits per heavy atom. The van der Waals surface area contributed by atoms with E-state index in [2.05, 4.69) is 5.10 Å². The molecule has 2 aliphatic heterocycles. The highest BCUT2D eigenvalue weighted by Crippen LogP contribution is 2.27. The van der Waals surface area contributed by atoms with Crippen molar-refractivity contribution in [1.82, 2.24) is 19.0 Å². The van der Waals surface area contributed by atoms with Gasteiger partial charge in [-0.25, -0.2) is 8.42 Å². The number of amides is 1. The summed E-state index contributed by atoms with van der Waals surface area (Å²) in [5.74, 6) is -0.106. The third-order valence-corrected chi connectivity index (χ3v) is 7.19. The molecule has 0 saturated carbocycles. The summed E-state index contributed by atoms with van der Waals surface area (Å²) in [5.41, 5.74) is 2.90. The summed E-state index contributed by atoms with van der Waals surface area (Å²) in [5, 5.41) is 4.44. The number of likely N-dealkylation sites (tertiary alicyclic amines) is 1. The Kier molecular flexibility index (Phi) is 4.77. The maximum absolute atomic E-state index is 12.9. The minimum Gasteiger partial charge on any atom is -0.337 e. The van der Waals surface area contributed by atoms with Crippen LogP contribution in [0.15, 0.2) is 30.3 Å². The Bertz CT molecular complexity index is 947. The first-order valence-electron chi connectivity index (χ1n) is 9.31. The van der Waals surface area contributed by atoms with Crippen molar-refractivity contribution < 1.29 is 13.2 Å². The van der Waals surface area contributed by atoms with Gasteiger partial charge in [-0.1, -0.05) is 30.3 Å². The average Bonchev–Trinajstić information content (AvgIpc) is 3.30. The molecule has 2 aliphatic rings. The largest absolute Gasteiger partial charge is 0.337 e. The lowest BCUT2D eigenvalue weighted by molar-refractivity contribution is 0.0784. The molecule has 144 valence electrons. The maximum atomic E-state index is 12.9. The molecule has 1 aromatic carbocycles. The molecule has 0 aliphatic carbocycles. The lowest BCUT2D eigenvalue weighted by Crippen LogP contribution is -2.38. The summed E-state index contributed by atoms with van der Waals surface area (Å²) in [4.78, 5) is 14.7. The quantitative estimate of drug-likeness (QED) is 0.796. The minimum atomic E-state index is -3.46. The van der Waals surface area contributed by atoms with Gasteiger partial charge < -0.3 is 4.90 Å². The van der Waals surface area contributed by atoms with Gasteiger partial charge in [-0.15, -0.1) is 0 Å². The van der Waals surface area contributed by atoms with Crippen LogP contribution in [0.3, 0.4) is 0 Å². The number of sulfonamides is 1. The standard InChI is InChI=1S/C19H24N4O3S/c1-21-17-9-12-23(27(25,26)14-15-7-3-2-4-8-15)13-16(17)18(20-21)19(24)22-10-5-6-11-22/h2-4,7-8H,5-6,9-14H2,1H3. The lowest BCUT2D eigenvalue weighted by atomic mass is 10.1. The zero-order chi connectivity index (χ0) is 19.0. The van der Waals surface area contributed by atoms with E-state index in [9.17, 15) is 13.2 Å². The van der Waals surface area contributed by atoms with Crippen LogP contribution in [0.1, 0.15) is 40.2 Å². The van der Waals surface area contributed by atoms with Crippen molar-refractivity contribution in [3.63, 3.8) is 0 Å². The summed E-state index contributed by atoms with van der Waals surface area (Å²) in [6.07, 6.45) is 2.59. The van der Waals surface area contributed by atoms with Gasteiger partial charge in [-0.2, -0.15) is 9.40 Å². The van der Waals surface area contributed by atoms with E-state index < -0.39 is 10.0 Å². The first-order chi connectivity index (χ1) is 13.0. The summed E-state index contributed by atoms with van der Waals surface area (Å²) in [7, 11) is -1.63. The second-order valence-electron chi connectivity index (χ2n) is 7.22. The zero-order valence-electron chi connectivity index (χ0n) is 15.5. The molecule has 4 rings (SSSR count). The van der Waals surface area contributed by atoms with Crippen LogP contribution in [0, 0.1) is 0 Å². The molecule has 1 amide bonds. The Labute approximate surface area is 159 Å². The molecule has 0 unspecified atom stereocenters. The number of hydrogen-bond acceptors (Lipinski definition) is 4. The molecule has 1 fully saturated rings.